The zero-order chi connectivity index (χ0) is 23.0. The number of carbonyl (C=O) groups excluding carboxylic acids is 1. The summed E-state index contributed by atoms with van der Waals surface area (Å²) in [5.41, 5.74) is -0.116. The molecule has 1 fully saturated rings. The summed E-state index contributed by atoms with van der Waals surface area (Å²) >= 11 is 5.65. The zero-order valence-electron chi connectivity index (χ0n) is 15.8. The Labute approximate surface area is 180 Å². The van der Waals surface area contributed by atoms with Crippen LogP contribution < -0.4 is 5.32 Å². The Hall–Kier alpha value is -2.21. The quantitative estimate of drug-likeness (QED) is 0.654. The number of alkyl halides is 2. The highest BCUT2D eigenvalue weighted by Crippen LogP contribution is 2.31. The van der Waals surface area contributed by atoms with Crippen molar-refractivity contribution in [3.05, 3.63) is 58.6 Å². The minimum atomic E-state index is -4.57. The smallest absolute Gasteiger partial charge is 0.274 e. The standard InChI is InChI=1S/C19H17ClF4N2O4S/c20-13-10-12(2-4-14(13)21)25-18(28)11-1-3-15(22)16(9-11)31(29,30)26-7-5-17(27)19(23,24)6-8-26/h1-4,9-10,17,27H,5-8H2,(H,25,28). The van der Waals surface area contributed by atoms with E-state index in [1.165, 1.54) is 6.07 Å². The van der Waals surface area contributed by atoms with Gasteiger partial charge in [-0.05, 0) is 42.8 Å². The fourth-order valence-corrected chi connectivity index (χ4v) is 4.75. The molecular formula is C19H17ClF4N2O4S. The van der Waals surface area contributed by atoms with Crippen molar-refractivity contribution in [2.75, 3.05) is 18.4 Å². The molecule has 6 nitrogen and oxygen atoms in total. The van der Waals surface area contributed by atoms with Gasteiger partial charge in [-0.3, -0.25) is 4.79 Å². The number of hydrogen-bond acceptors (Lipinski definition) is 4. The van der Waals surface area contributed by atoms with Gasteiger partial charge in [-0.15, -0.1) is 0 Å². The van der Waals surface area contributed by atoms with Gasteiger partial charge in [0.1, 0.15) is 22.6 Å². The molecule has 2 N–H and O–H groups in total. The van der Waals surface area contributed by atoms with E-state index in [0.717, 1.165) is 30.3 Å². The van der Waals surface area contributed by atoms with Crippen molar-refractivity contribution in [3.63, 3.8) is 0 Å². The number of halogens is 5. The highest BCUT2D eigenvalue weighted by molar-refractivity contribution is 7.89. The van der Waals surface area contributed by atoms with E-state index in [4.69, 9.17) is 11.6 Å². The topological polar surface area (TPSA) is 86.7 Å². The molecule has 1 unspecified atom stereocenters. The molecule has 0 radical (unpaired) electrons. The van der Waals surface area contributed by atoms with Gasteiger partial charge in [0.05, 0.1) is 5.02 Å². The summed E-state index contributed by atoms with van der Waals surface area (Å²) in [6.07, 6.45) is -3.47. The Morgan fingerprint density at radius 2 is 1.81 bits per heavy atom. The van der Waals surface area contributed by atoms with E-state index in [1.807, 2.05) is 0 Å². The fraction of sp³-hybridized carbons (Fsp3) is 0.316. The monoisotopic (exact) mass is 480 g/mol. The van der Waals surface area contributed by atoms with Gasteiger partial charge in [0, 0.05) is 30.8 Å². The molecule has 168 valence electrons. The van der Waals surface area contributed by atoms with E-state index in [1.54, 1.807) is 0 Å². The van der Waals surface area contributed by atoms with Gasteiger partial charge >= 0.3 is 0 Å². The summed E-state index contributed by atoms with van der Waals surface area (Å²) in [6, 6.07) is 5.96. The minimum absolute atomic E-state index is 0.119. The number of anilines is 1. The molecule has 2 aromatic rings. The lowest BCUT2D eigenvalue weighted by atomic mass is 10.1. The Morgan fingerprint density at radius 1 is 1.13 bits per heavy atom. The van der Waals surface area contributed by atoms with Crippen molar-refractivity contribution in [3.8, 4) is 0 Å². The molecule has 3 rings (SSSR count). The predicted octanol–water partition coefficient (Wildman–Crippen LogP) is 3.65. The van der Waals surface area contributed by atoms with Crippen LogP contribution in [0.15, 0.2) is 41.3 Å². The second kappa shape index (κ2) is 8.73. The Bertz CT molecular complexity index is 1110. The molecule has 0 saturated carbocycles. The van der Waals surface area contributed by atoms with Gasteiger partial charge < -0.3 is 10.4 Å². The van der Waals surface area contributed by atoms with Crippen LogP contribution in [-0.2, 0) is 10.0 Å². The molecule has 2 aromatic carbocycles. The van der Waals surface area contributed by atoms with Crippen LogP contribution in [0.2, 0.25) is 5.02 Å². The van der Waals surface area contributed by atoms with Crippen LogP contribution in [0.5, 0.6) is 0 Å². The number of hydrogen-bond donors (Lipinski definition) is 2. The number of carbonyl (C=O) groups is 1. The third-order valence-corrected chi connectivity index (χ3v) is 7.03. The van der Waals surface area contributed by atoms with E-state index >= 15 is 0 Å². The molecule has 1 amide bonds. The van der Waals surface area contributed by atoms with E-state index in [0.29, 0.717) is 4.31 Å². The lowest BCUT2D eigenvalue weighted by molar-refractivity contribution is -0.108. The maximum atomic E-state index is 14.3. The number of aliphatic hydroxyl groups excluding tert-OH is 1. The first-order chi connectivity index (χ1) is 14.4. The number of aliphatic hydroxyl groups is 1. The number of rotatable bonds is 4. The van der Waals surface area contributed by atoms with Gasteiger partial charge in [-0.2, -0.15) is 4.31 Å². The molecular weight excluding hydrogens is 464 g/mol. The van der Waals surface area contributed by atoms with E-state index in [2.05, 4.69) is 5.32 Å². The Balaban J connectivity index is 1.87. The summed E-state index contributed by atoms with van der Waals surface area (Å²) in [5, 5.41) is 11.6. The maximum Gasteiger partial charge on any atom is 0.274 e. The first-order valence-electron chi connectivity index (χ1n) is 9.04. The average molecular weight is 481 g/mol. The second-order valence-electron chi connectivity index (χ2n) is 6.95. The van der Waals surface area contributed by atoms with Crippen molar-refractivity contribution in [2.45, 2.75) is 29.8 Å². The number of nitrogens with zero attached hydrogens (tertiary/aromatic N) is 1. The Kier molecular flexibility index (Phi) is 6.61. The molecule has 31 heavy (non-hydrogen) atoms. The van der Waals surface area contributed by atoms with Gasteiger partial charge in [-0.1, -0.05) is 11.6 Å². The van der Waals surface area contributed by atoms with E-state index < -0.39 is 70.4 Å². The lowest BCUT2D eigenvalue weighted by Crippen LogP contribution is -2.34. The molecule has 1 aliphatic rings. The predicted molar refractivity (Wildman–Crippen MR) is 105 cm³/mol. The molecule has 0 spiro atoms. The van der Waals surface area contributed by atoms with Crippen molar-refractivity contribution < 1.29 is 35.9 Å². The minimum Gasteiger partial charge on any atom is -0.387 e. The summed E-state index contributed by atoms with van der Waals surface area (Å²) in [4.78, 5) is 11.6. The van der Waals surface area contributed by atoms with Crippen LogP contribution in [0.3, 0.4) is 0 Å². The van der Waals surface area contributed by atoms with Crippen LogP contribution in [0, 0.1) is 11.6 Å². The molecule has 1 heterocycles. The van der Waals surface area contributed by atoms with Crippen LogP contribution in [0.25, 0.3) is 0 Å². The van der Waals surface area contributed by atoms with Crippen LogP contribution in [-0.4, -0.2) is 48.9 Å². The number of nitrogens with one attached hydrogen (secondary N) is 1. The molecule has 1 atom stereocenters. The normalized spacial score (nSPS) is 19.6. The van der Waals surface area contributed by atoms with Crippen molar-refractivity contribution in [2.24, 2.45) is 0 Å². The molecule has 0 bridgehead atoms. The van der Waals surface area contributed by atoms with E-state index in [9.17, 15) is 35.9 Å². The second-order valence-corrected chi connectivity index (χ2v) is 9.26. The SMILES string of the molecule is O=C(Nc1ccc(F)c(Cl)c1)c1ccc(F)c(S(=O)(=O)N2CCC(O)C(F)(F)CC2)c1. The summed E-state index contributed by atoms with van der Waals surface area (Å²) in [5.74, 6) is -6.17. The van der Waals surface area contributed by atoms with Gasteiger partial charge in [0.2, 0.25) is 10.0 Å². The Morgan fingerprint density at radius 3 is 2.48 bits per heavy atom. The number of amides is 1. The third-order valence-electron chi connectivity index (χ3n) is 4.82. The van der Waals surface area contributed by atoms with Crippen LogP contribution in [0.1, 0.15) is 23.2 Å². The van der Waals surface area contributed by atoms with Crippen LogP contribution >= 0.6 is 11.6 Å². The van der Waals surface area contributed by atoms with Crippen LogP contribution in [0.4, 0.5) is 23.2 Å². The van der Waals surface area contributed by atoms with E-state index in [-0.39, 0.29) is 16.3 Å². The average Bonchev–Trinajstić information content (AvgIpc) is 2.83. The first kappa shape index (κ1) is 23.5. The highest BCUT2D eigenvalue weighted by atomic mass is 35.5. The molecule has 0 aliphatic carbocycles. The van der Waals surface area contributed by atoms with Crippen molar-refractivity contribution in [1.29, 1.82) is 0 Å². The van der Waals surface area contributed by atoms with Crippen molar-refractivity contribution in [1.82, 2.24) is 4.31 Å². The summed E-state index contributed by atoms with van der Waals surface area (Å²) in [6.45, 7) is -1.07. The third kappa shape index (κ3) is 5.00. The molecule has 0 aromatic heterocycles. The molecule has 1 aliphatic heterocycles. The van der Waals surface area contributed by atoms with Crippen molar-refractivity contribution >= 4 is 33.2 Å². The largest absolute Gasteiger partial charge is 0.387 e. The number of sulfonamides is 1. The van der Waals surface area contributed by atoms with Gasteiger partial charge in [0.15, 0.2) is 0 Å². The highest BCUT2D eigenvalue weighted by Gasteiger charge is 2.43. The zero-order valence-corrected chi connectivity index (χ0v) is 17.4. The summed E-state index contributed by atoms with van der Waals surface area (Å²) in [7, 11) is -4.57. The molecule has 12 heteroatoms. The van der Waals surface area contributed by atoms with Gasteiger partial charge in [-0.25, -0.2) is 26.0 Å². The first-order valence-corrected chi connectivity index (χ1v) is 10.9. The summed E-state index contributed by atoms with van der Waals surface area (Å²) < 4.78 is 81.4. The lowest BCUT2D eigenvalue weighted by Gasteiger charge is -2.20. The fourth-order valence-electron chi connectivity index (χ4n) is 3.03. The number of benzene rings is 2. The van der Waals surface area contributed by atoms with Gasteiger partial charge in [0.25, 0.3) is 11.8 Å². The molecule has 1 saturated heterocycles. The maximum absolute atomic E-state index is 14.3.